The summed E-state index contributed by atoms with van der Waals surface area (Å²) in [6.07, 6.45) is 4.78. The zero-order valence-corrected chi connectivity index (χ0v) is 11.2. The number of benzene rings is 1. The molecule has 2 rings (SSSR count). The van der Waals surface area contributed by atoms with Crippen LogP contribution in [0.15, 0.2) is 16.6 Å². The Morgan fingerprint density at radius 1 is 1.38 bits per heavy atom. The van der Waals surface area contributed by atoms with Crippen molar-refractivity contribution in [2.75, 3.05) is 6.54 Å². The summed E-state index contributed by atoms with van der Waals surface area (Å²) in [5.74, 6) is 0.320. The fourth-order valence-corrected chi connectivity index (χ4v) is 3.33. The Kier molecular flexibility index (Phi) is 3.27. The van der Waals surface area contributed by atoms with Crippen molar-refractivity contribution in [3.8, 4) is 5.75 Å². The summed E-state index contributed by atoms with van der Waals surface area (Å²) >= 11 is 3.35. The third-order valence-electron chi connectivity index (χ3n) is 3.82. The predicted molar refractivity (Wildman–Crippen MR) is 69.7 cm³/mol. The van der Waals surface area contributed by atoms with Gasteiger partial charge in [0.1, 0.15) is 5.75 Å². The zero-order valence-electron chi connectivity index (χ0n) is 9.59. The third kappa shape index (κ3) is 1.87. The molecule has 0 saturated heterocycles. The van der Waals surface area contributed by atoms with Gasteiger partial charge in [-0.2, -0.15) is 0 Å². The van der Waals surface area contributed by atoms with Crippen LogP contribution in [0.25, 0.3) is 0 Å². The van der Waals surface area contributed by atoms with Crippen LogP contribution >= 0.6 is 15.9 Å². The highest BCUT2D eigenvalue weighted by Crippen LogP contribution is 2.43. The second-order valence-electron chi connectivity index (χ2n) is 4.81. The van der Waals surface area contributed by atoms with Crippen LogP contribution in [-0.4, -0.2) is 11.7 Å². The van der Waals surface area contributed by atoms with Gasteiger partial charge in [-0.25, -0.2) is 0 Å². The highest BCUT2D eigenvalue weighted by Gasteiger charge is 2.35. The number of aryl methyl sites for hydroxylation is 1. The minimum atomic E-state index is 0.0995. The average Bonchev–Trinajstić information content (AvgIpc) is 2.73. The molecular weight excluding hydrogens is 266 g/mol. The fraction of sp³-hybridized carbons (Fsp3) is 0.538. The number of phenolic OH excluding ortho intramolecular Hbond substituents is 1. The minimum absolute atomic E-state index is 0.0995. The maximum Gasteiger partial charge on any atom is 0.130 e. The molecule has 1 aromatic rings. The van der Waals surface area contributed by atoms with Crippen molar-refractivity contribution in [1.29, 1.82) is 0 Å². The molecule has 0 heterocycles. The average molecular weight is 284 g/mol. The van der Waals surface area contributed by atoms with Crippen molar-refractivity contribution in [3.05, 3.63) is 27.7 Å². The van der Waals surface area contributed by atoms with E-state index in [0.29, 0.717) is 12.3 Å². The normalized spacial score (nSPS) is 18.9. The fourth-order valence-electron chi connectivity index (χ4n) is 2.87. The summed E-state index contributed by atoms with van der Waals surface area (Å²) in [6, 6.07) is 3.87. The number of phenols is 1. The van der Waals surface area contributed by atoms with Gasteiger partial charge in [0.15, 0.2) is 0 Å². The summed E-state index contributed by atoms with van der Waals surface area (Å²) in [5, 5.41) is 9.81. The number of hydrogen-bond acceptors (Lipinski definition) is 2. The standard InChI is InChI=1S/C13H18BrNO/c1-9-6-11(14)12(16)7-10(9)13(8-15)4-2-3-5-13/h6-7,16H,2-5,8,15H2,1H3. The maximum absolute atomic E-state index is 9.81. The molecule has 1 aliphatic carbocycles. The second kappa shape index (κ2) is 4.38. The number of rotatable bonds is 2. The molecule has 0 aliphatic heterocycles. The first kappa shape index (κ1) is 11.9. The van der Waals surface area contributed by atoms with Crippen LogP contribution in [0.2, 0.25) is 0 Å². The van der Waals surface area contributed by atoms with Gasteiger partial charge < -0.3 is 10.8 Å². The first-order chi connectivity index (χ1) is 7.59. The van der Waals surface area contributed by atoms with Crippen molar-refractivity contribution >= 4 is 15.9 Å². The van der Waals surface area contributed by atoms with E-state index < -0.39 is 0 Å². The van der Waals surface area contributed by atoms with Crippen molar-refractivity contribution < 1.29 is 5.11 Å². The number of halogens is 1. The Hall–Kier alpha value is -0.540. The van der Waals surface area contributed by atoms with Crippen molar-refractivity contribution in [3.63, 3.8) is 0 Å². The molecule has 1 aromatic carbocycles. The van der Waals surface area contributed by atoms with Gasteiger partial charge in [-0.3, -0.25) is 0 Å². The van der Waals surface area contributed by atoms with E-state index in [1.165, 1.54) is 24.0 Å². The van der Waals surface area contributed by atoms with Crippen molar-refractivity contribution in [2.45, 2.75) is 38.0 Å². The minimum Gasteiger partial charge on any atom is -0.507 e. The lowest BCUT2D eigenvalue weighted by Crippen LogP contribution is -2.32. The summed E-state index contributed by atoms with van der Waals surface area (Å²) in [6.45, 7) is 2.77. The van der Waals surface area contributed by atoms with Gasteiger partial charge in [0.05, 0.1) is 4.47 Å². The highest BCUT2D eigenvalue weighted by atomic mass is 79.9. The Labute approximate surface area is 105 Å². The molecule has 0 aromatic heterocycles. The molecule has 0 bridgehead atoms. The molecule has 1 fully saturated rings. The summed E-state index contributed by atoms with van der Waals surface area (Å²) in [5.41, 5.74) is 8.51. The highest BCUT2D eigenvalue weighted by molar-refractivity contribution is 9.10. The van der Waals surface area contributed by atoms with Gasteiger partial charge in [0.2, 0.25) is 0 Å². The molecule has 0 spiro atoms. The van der Waals surface area contributed by atoms with Crippen LogP contribution in [0.1, 0.15) is 36.8 Å². The molecule has 1 saturated carbocycles. The van der Waals surface area contributed by atoms with Crippen LogP contribution in [-0.2, 0) is 5.41 Å². The molecular formula is C13H18BrNO. The van der Waals surface area contributed by atoms with E-state index >= 15 is 0 Å². The van der Waals surface area contributed by atoms with Gasteiger partial charge in [-0.15, -0.1) is 0 Å². The topological polar surface area (TPSA) is 46.2 Å². The second-order valence-corrected chi connectivity index (χ2v) is 5.66. The van der Waals surface area contributed by atoms with Crippen molar-refractivity contribution in [2.24, 2.45) is 5.73 Å². The van der Waals surface area contributed by atoms with Gasteiger partial charge in [0.25, 0.3) is 0 Å². The first-order valence-electron chi connectivity index (χ1n) is 5.79. The van der Waals surface area contributed by atoms with Crippen LogP contribution in [0.5, 0.6) is 5.75 Å². The SMILES string of the molecule is Cc1cc(Br)c(O)cc1C1(CN)CCCC1. The molecule has 1 aliphatic rings. The lowest BCUT2D eigenvalue weighted by atomic mass is 9.77. The largest absolute Gasteiger partial charge is 0.507 e. The van der Waals surface area contributed by atoms with E-state index in [9.17, 15) is 5.11 Å². The van der Waals surface area contributed by atoms with Gasteiger partial charge in [0, 0.05) is 12.0 Å². The van der Waals surface area contributed by atoms with Gasteiger partial charge in [-0.05, 0) is 59.0 Å². The molecule has 0 unspecified atom stereocenters. The molecule has 88 valence electrons. The van der Waals surface area contributed by atoms with Gasteiger partial charge in [-0.1, -0.05) is 12.8 Å². The molecule has 16 heavy (non-hydrogen) atoms. The monoisotopic (exact) mass is 283 g/mol. The first-order valence-corrected chi connectivity index (χ1v) is 6.58. The number of nitrogens with two attached hydrogens (primary N) is 1. The molecule has 0 radical (unpaired) electrons. The molecule has 0 amide bonds. The quantitative estimate of drug-likeness (QED) is 0.875. The van der Waals surface area contributed by atoms with E-state index in [2.05, 4.69) is 22.9 Å². The van der Waals surface area contributed by atoms with Crippen LogP contribution in [0.4, 0.5) is 0 Å². The lowest BCUT2D eigenvalue weighted by molar-refractivity contribution is 0.438. The smallest absolute Gasteiger partial charge is 0.130 e. The molecule has 0 atom stereocenters. The Balaban J connectivity index is 2.50. The Morgan fingerprint density at radius 2 is 2.00 bits per heavy atom. The number of aromatic hydroxyl groups is 1. The van der Waals surface area contributed by atoms with E-state index in [1.807, 2.05) is 12.1 Å². The van der Waals surface area contributed by atoms with Crippen LogP contribution < -0.4 is 5.73 Å². The lowest BCUT2D eigenvalue weighted by Gasteiger charge is -2.30. The molecule has 2 nitrogen and oxygen atoms in total. The van der Waals surface area contributed by atoms with E-state index in [1.54, 1.807) is 0 Å². The third-order valence-corrected chi connectivity index (χ3v) is 4.45. The molecule has 3 heteroatoms. The number of hydrogen-bond donors (Lipinski definition) is 2. The van der Waals surface area contributed by atoms with Crippen LogP contribution in [0.3, 0.4) is 0 Å². The van der Waals surface area contributed by atoms with E-state index in [-0.39, 0.29) is 5.41 Å². The summed E-state index contributed by atoms with van der Waals surface area (Å²) in [7, 11) is 0. The Morgan fingerprint density at radius 3 is 2.56 bits per heavy atom. The summed E-state index contributed by atoms with van der Waals surface area (Å²) in [4.78, 5) is 0. The predicted octanol–water partition coefficient (Wildman–Crippen LogP) is 3.23. The molecule has 3 N–H and O–H groups in total. The van der Waals surface area contributed by atoms with E-state index in [4.69, 9.17) is 5.73 Å². The maximum atomic E-state index is 9.81. The zero-order chi connectivity index (χ0) is 11.8. The van der Waals surface area contributed by atoms with Crippen LogP contribution in [0, 0.1) is 6.92 Å². The van der Waals surface area contributed by atoms with Gasteiger partial charge >= 0.3 is 0 Å². The Bertz CT molecular complexity index is 397. The van der Waals surface area contributed by atoms with Crippen molar-refractivity contribution in [1.82, 2.24) is 0 Å². The van der Waals surface area contributed by atoms with E-state index in [0.717, 1.165) is 17.3 Å². The summed E-state index contributed by atoms with van der Waals surface area (Å²) < 4.78 is 0.763.